The van der Waals surface area contributed by atoms with E-state index in [1.54, 1.807) is 24.3 Å². The van der Waals surface area contributed by atoms with E-state index in [1.807, 2.05) is 0 Å². The van der Waals surface area contributed by atoms with E-state index in [4.69, 9.17) is 20.9 Å². The third kappa shape index (κ3) is 8.50. The van der Waals surface area contributed by atoms with Crippen molar-refractivity contribution in [1.82, 2.24) is 10.6 Å². The first kappa shape index (κ1) is 26.3. The lowest BCUT2D eigenvalue weighted by Crippen LogP contribution is -2.48. The molecular weight excluding hydrogens is 514 g/mol. The molecular formula is C21H24BrN5O7. The van der Waals surface area contributed by atoms with Crippen molar-refractivity contribution in [1.29, 1.82) is 0 Å². The normalized spacial score (nSPS) is 11.1. The van der Waals surface area contributed by atoms with Crippen LogP contribution < -0.4 is 26.8 Å². The van der Waals surface area contributed by atoms with Gasteiger partial charge in [0.25, 0.3) is 5.91 Å². The number of carbonyl (C=O) groups is 3. The van der Waals surface area contributed by atoms with E-state index in [9.17, 15) is 24.6 Å². The number of benzene rings is 2. The fraction of sp³-hybridized carbons (Fsp3) is 0.238. The van der Waals surface area contributed by atoms with E-state index in [1.165, 1.54) is 18.2 Å². The molecule has 2 rings (SSSR count). The van der Waals surface area contributed by atoms with Crippen LogP contribution in [0.1, 0.15) is 15.9 Å². The zero-order valence-corrected chi connectivity index (χ0v) is 19.4. The molecule has 0 saturated heterocycles. The van der Waals surface area contributed by atoms with Crippen LogP contribution in [0.2, 0.25) is 0 Å². The number of aliphatic imine (C=N–C) groups is 1. The third-order valence-electron chi connectivity index (χ3n) is 4.24. The number of rotatable bonds is 11. The number of aliphatic carboxylic acids is 1. The molecule has 2 amide bonds. The smallest absolute Gasteiger partial charge is 0.408 e. The van der Waals surface area contributed by atoms with Crippen molar-refractivity contribution in [3.63, 3.8) is 0 Å². The Morgan fingerprint density at radius 2 is 1.88 bits per heavy atom. The number of alkyl carbamates (subject to hydrolysis) is 1. The van der Waals surface area contributed by atoms with Crippen LogP contribution in [0.5, 0.6) is 11.5 Å². The van der Waals surface area contributed by atoms with Crippen LogP contribution in [0.3, 0.4) is 0 Å². The molecule has 2 aromatic carbocycles. The minimum Gasteiger partial charge on any atom is -0.507 e. The number of nitrogens with zero attached hydrogens (tertiary/aromatic N) is 1. The second-order valence-electron chi connectivity index (χ2n) is 6.75. The summed E-state index contributed by atoms with van der Waals surface area (Å²) in [6, 6.07) is 9.56. The molecule has 0 aromatic heterocycles. The molecule has 13 heteroatoms. The summed E-state index contributed by atoms with van der Waals surface area (Å²) in [6.07, 6.45) is -0.970. The van der Waals surface area contributed by atoms with Gasteiger partial charge in [0.1, 0.15) is 30.8 Å². The predicted molar refractivity (Wildman–Crippen MR) is 125 cm³/mol. The number of carboxylic acid groups (broad SMARTS) is 1. The number of phenols is 1. The van der Waals surface area contributed by atoms with Gasteiger partial charge in [-0.15, -0.1) is 0 Å². The van der Waals surface area contributed by atoms with Crippen molar-refractivity contribution in [3.8, 4) is 11.5 Å². The molecule has 2 aromatic rings. The van der Waals surface area contributed by atoms with Gasteiger partial charge in [0.2, 0.25) is 0 Å². The van der Waals surface area contributed by atoms with E-state index in [2.05, 4.69) is 31.6 Å². The lowest BCUT2D eigenvalue weighted by atomic mass is 10.1. The van der Waals surface area contributed by atoms with Crippen LogP contribution in [-0.2, 0) is 16.1 Å². The molecule has 0 spiro atoms. The van der Waals surface area contributed by atoms with Crippen LogP contribution in [0.4, 0.5) is 4.79 Å². The molecule has 0 aliphatic rings. The van der Waals surface area contributed by atoms with Gasteiger partial charge in [-0.3, -0.25) is 9.79 Å². The number of amides is 2. The zero-order valence-electron chi connectivity index (χ0n) is 17.9. The highest BCUT2D eigenvalue weighted by Gasteiger charge is 2.23. The van der Waals surface area contributed by atoms with Gasteiger partial charge in [-0.1, -0.05) is 34.1 Å². The Morgan fingerprint density at radius 3 is 2.53 bits per heavy atom. The molecule has 0 aliphatic carbocycles. The fourth-order valence-corrected chi connectivity index (χ4v) is 2.96. The largest absolute Gasteiger partial charge is 0.507 e. The topological polar surface area (TPSA) is 199 Å². The number of carboxylic acids is 1. The number of hydrogen-bond acceptors (Lipinski definition) is 7. The molecule has 0 fully saturated rings. The zero-order chi connectivity index (χ0) is 25.1. The lowest BCUT2D eigenvalue weighted by Gasteiger charge is -2.16. The molecule has 182 valence electrons. The summed E-state index contributed by atoms with van der Waals surface area (Å²) in [5.74, 6) is -2.32. The first-order chi connectivity index (χ1) is 16.2. The Balaban J connectivity index is 1.87. The van der Waals surface area contributed by atoms with Gasteiger partial charge in [-0.2, -0.15) is 0 Å². The fourth-order valence-electron chi connectivity index (χ4n) is 2.56. The summed E-state index contributed by atoms with van der Waals surface area (Å²) in [7, 11) is 0. The van der Waals surface area contributed by atoms with Crippen LogP contribution >= 0.6 is 15.9 Å². The number of halogens is 1. The molecule has 34 heavy (non-hydrogen) atoms. The van der Waals surface area contributed by atoms with Crippen molar-refractivity contribution in [2.24, 2.45) is 16.5 Å². The van der Waals surface area contributed by atoms with Crippen molar-refractivity contribution in [3.05, 3.63) is 58.1 Å². The highest BCUT2D eigenvalue weighted by molar-refractivity contribution is 9.10. The second kappa shape index (κ2) is 12.9. The molecule has 8 N–H and O–H groups in total. The molecule has 0 aliphatic heterocycles. The average molecular weight is 538 g/mol. The summed E-state index contributed by atoms with van der Waals surface area (Å²) in [5.41, 5.74) is 11.0. The Morgan fingerprint density at radius 1 is 1.15 bits per heavy atom. The van der Waals surface area contributed by atoms with Gasteiger partial charge in [-0.05, 0) is 18.2 Å². The van der Waals surface area contributed by atoms with Gasteiger partial charge in [0, 0.05) is 22.6 Å². The predicted octanol–water partition coefficient (Wildman–Crippen LogP) is 0.916. The summed E-state index contributed by atoms with van der Waals surface area (Å²) in [6.45, 7) is -0.180. The number of hydrogen-bond donors (Lipinski definition) is 6. The van der Waals surface area contributed by atoms with Crippen molar-refractivity contribution < 1.29 is 34.1 Å². The van der Waals surface area contributed by atoms with Gasteiger partial charge in [-0.25, -0.2) is 9.59 Å². The average Bonchev–Trinajstić information content (AvgIpc) is 2.78. The van der Waals surface area contributed by atoms with E-state index in [0.717, 1.165) is 4.47 Å². The molecule has 0 saturated carbocycles. The van der Waals surface area contributed by atoms with Crippen molar-refractivity contribution in [2.75, 3.05) is 19.7 Å². The Kier molecular flexibility index (Phi) is 9.95. The van der Waals surface area contributed by atoms with Crippen LogP contribution in [0.15, 0.2) is 51.9 Å². The molecule has 0 unspecified atom stereocenters. The lowest BCUT2D eigenvalue weighted by molar-refractivity contribution is -0.139. The monoisotopic (exact) mass is 537 g/mol. The number of nitrogens with two attached hydrogens (primary N) is 2. The quantitative estimate of drug-likeness (QED) is 0.137. The summed E-state index contributed by atoms with van der Waals surface area (Å²) in [4.78, 5) is 39.6. The van der Waals surface area contributed by atoms with E-state index >= 15 is 0 Å². The number of nitrogens with one attached hydrogen (secondary N) is 2. The first-order valence-corrected chi connectivity index (χ1v) is 10.7. The van der Waals surface area contributed by atoms with Gasteiger partial charge >= 0.3 is 12.1 Å². The van der Waals surface area contributed by atoms with E-state index < -0.39 is 30.6 Å². The van der Waals surface area contributed by atoms with Gasteiger partial charge in [0.15, 0.2) is 5.96 Å². The highest BCUT2D eigenvalue weighted by Crippen LogP contribution is 2.23. The standard InChI is InChI=1S/C21H24BrN5O7/c22-15-4-2-1-3-12(15)11-34-21(32)27-16(19(30)31)10-26-18(29)14-6-5-13(9-17(14)28)33-8-7-25-20(23)24/h1-6,9,16,28H,7-8,10-11H2,(H,26,29)(H,27,32)(H,30,31)(H4,23,24,25)/t16-/m0/s1. The molecule has 1 atom stereocenters. The Bertz CT molecular complexity index is 1060. The molecule has 0 heterocycles. The first-order valence-electron chi connectivity index (χ1n) is 9.86. The highest BCUT2D eigenvalue weighted by atomic mass is 79.9. The van der Waals surface area contributed by atoms with E-state index in [0.29, 0.717) is 5.56 Å². The Labute approximate surface area is 203 Å². The maximum Gasteiger partial charge on any atom is 0.408 e. The van der Waals surface area contributed by atoms with Crippen LogP contribution in [0.25, 0.3) is 0 Å². The minimum atomic E-state index is -1.46. The molecule has 0 radical (unpaired) electrons. The van der Waals surface area contributed by atoms with E-state index in [-0.39, 0.29) is 42.8 Å². The summed E-state index contributed by atoms with van der Waals surface area (Å²) < 4.78 is 11.1. The molecule has 12 nitrogen and oxygen atoms in total. The molecule has 0 bridgehead atoms. The third-order valence-corrected chi connectivity index (χ3v) is 5.02. The van der Waals surface area contributed by atoms with Crippen molar-refractivity contribution in [2.45, 2.75) is 12.6 Å². The number of guanidine groups is 1. The number of aromatic hydroxyl groups is 1. The van der Waals surface area contributed by atoms with Crippen molar-refractivity contribution >= 4 is 39.9 Å². The SMILES string of the molecule is NC(N)=NCCOc1ccc(C(=O)NC[C@H](NC(=O)OCc2ccccc2Br)C(=O)O)c(O)c1. The Hall–Kier alpha value is -4.00. The maximum atomic E-state index is 12.4. The van der Waals surface area contributed by atoms with Gasteiger partial charge < -0.3 is 41.8 Å². The number of phenolic OH excluding ortho intramolecular Hbond substituents is 1. The van der Waals surface area contributed by atoms with Crippen LogP contribution in [-0.4, -0.2) is 59.9 Å². The minimum absolute atomic E-state index is 0.0786. The summed E-state index contributed by atoms with van der Waals surface area (Å²) >= 11 is 3.32. The second-order valence-corrected chi connectivity index (χ2v) is 7.60. The maximum absolute atomic E-state index is 12.4. The van der Waals surface area contributed by atoms with Gasteiger partial charge in [0.05, 0.1) is 12.1 Å². The number of carbonyl (C=O) groups excluding carboxylic acids is 2. The number of ether oxygens (including phenoxy) is 2. The summed E-state index contributed by atoms with van der Waals surface area (Å²) in [5, 5.41) is 24.0. The van der Waals surface area contributed by atoms with Crippen LogP contribution in [0, 0.1) is 0 Å².